The molecule has 8 heteroatoms. The Morgan fingerprint density at radius 1 is 1.71 bits per heavy atom. The Morgan fingerprint density at radius 2 is 2.36 bits per heavy atom. The Balaban J connectivity index is 2.83. The number of rotatable bonds is 4. The van der Waals surface area contributed by atoms with Crippen molar-refractivity contribution in [3.05, 3.63) is 12.5 Å². The van der Waals surface area contributed by atoms with Gasteiger partial charge >= 0.3 is 5.97 Å². The average Bonchev–Trinajstić information content (AvgIpc) is 2.54. The standard InChI is InChI=1S/C6H8N2O5S/c1-4(6(9)10)14(11,12)8-5-2-7-13-3-5/h2-4,8H,1H3,(H,9,10). The van der Waals surface area contributed by atoms with Crippen molar-refractivity contribution >= 4 is 21.7 Å². The molecule has 14 heavy (non-hydrogen) atoms. The number of hydrogen-bond acceptors (Lipinski definition) is 5. The van der Waals surface area contributed by atoms with Crippen LogP contribution < -0.4 is 4.72 Å². The first-order valence-corrected chi connectivity index (χ1v) is 5.12. The monoisotopic (exact) mass is 220 g/mol. The van der Waals surface area contributed by atoms with Gasteiger partial charge in [0.25, 0.3) is 0 Å². The Bertz CT molecular complexity index is 409. The van der Waals surface area contributed by atoms with Gasteiger partial charge in [-0.15, -0.1) is 0 Å². The van der Waals surface area contributed by atoms with Gasteiger partial charge in [0.1, 0.15) is 12.0 Å². The van der Waals surface area contributed by atoms with Crippen molar-refractivity contribution in [3.8, 4) is 0 Å². The van der Waals surface area contributed by atoms with E-state index in [1.807, 2.05) is 4.72 Å². The highest BCUT2D eigenvalue weighted by Crippen LogP contribution is 2.10. The van der Waals surface area contributed by atoms with E-state index in [4.69, 9.17) is 5.11 Å². The third-order valence-corrected chi connectivity index (χ3v) is 3.16. The van der Waals surface area contributed by atoms with Crippen LogP contribution in [0.4, 0.5) is 5.69 Å². The molecule has 0 amide bonds. The van der Waals surface area contributed by atoms with Crippen molar-refractivity contribution < 1.29 is 22.8 Å². The Hall–Kier alpha value is -1.57. The molecule has 0 saturated heterocycles. The largest absolute Gasteiger partial charge is 0.480 e. The molecule has 0 spiro atoms. The molecule has 1 atom stereocenters. The third kappa shape index (κ3) is 2.22. The molecule has 0 aliphatic rings. The van der Waals surface area contributed by atoms with Crippen molar-refractivity contribution in [2.75, 3.05) is 4.72 Å². The van der Waals surface area contributed by atoms with Gasteiger partial charge in [0.05, 0.1) is 6.20 Å². The van der Waals surface area contributed by atoms with Gasteiger partial charge in [0.15, 0.2) is 5.25 Å². The van der Waals surface area contributed by atoms with Gasteiger partial charge in [0.2, 0.25) is 10.0 Å². The first kappa shape index (κ1) is 10.5. The van der Waals surface area contributed by atoms with Crippen LogP contribution in [0, 0.1) is 0 Å². The Kier molecular flexibility index (Phi) is 2.75. The van der Waals surface area contributed by atoms with Crippen molar-refractivity contribution in [1.29, 1.82) is 0 Å². The first-order chi connectivity index (χ1) is 6.43. The highest BCUT2D eigenvalue weighted by molar-refractivity contribution is 7.94. The molecule has 0 aliphatic carbocycles. The molecule has 1 aromatic rings. The van der Waals surface area contributed by atoms with Gasteiger partial charge in [-0.25, -0.2) is 8.42 Å². The lowest BCUT2D eigenvalue weighted by molar-refractivity contribution is -0.136. The van der Waals surface area contributed by atoms with Gasteiger partial charge < -0.3 is 9.63 Å². The maximum Gasteiger partial charge on any atom is 0.323 e. The molecule has 1 heterocycles. The number of anilines is 1. The molecule has 1 unspecified atom stereocenters. The Morgan fingerprint density at radius 3 is 2.79 bits per heavy atom. The number of carbonyl (C=O) groups is 1. The topological polar surface area (TPSA) is 110 Å². The third-order valence-electron chi connectivity index (χ3n) is 1.51. The summed E-state index contributed by atoms with van der Waals surface area (Å²) in [6, 6.07) is 0. The van der Waals surface area contributed by atoms with E-state index in [1.165, 1.54) is 0 Å². The van der Waals surface area contributed by atoms with E-state index in [-0.39, 0.29) is 5.69 Å². The van der Waals surface area contributed by atoms with Crippen molar-refractivity contribution in [2.45, 2.75) is 12.2 Å². The second-order valence-electron chi connectivity index (χ2n) is 2.54. The SMILES string of the molecule is CC(C(=O)O)S(=O)(=O)Nc1cnoc1. The fraction of sp³-hybridized carbons (Fsp3) is 0.333. The molecule has 1 aromatic heterocycles. The van der Waals surface area contributed by atoms with Crippen molar-refractivity contribution in [3.63, 3.8) is 0 Å². The van der Waals surface area contributed by atoms with Gasteiger partial charge in [-0.1, -0.05) is 5.16 Å². The molecular weight excluding hydrogens is 212 g/mol. The number of sulfonamides is 1. The summed E-state index contributed by atoms with van der Waals surface area (Å²) in [6.07, 6.45) is 2.19. The van der Waals surface area contributed by atoms with Crippen LogP contribution in [0.15, 0.2) is 17.0 Å². The molecule has 7 nitrogen and oxygen atoms in total. The molecular formula is C6H8N2O5S. The quantitative estimate of drug-likeness (QED) is 0.732. The first-order valence-electron chi connectivity index (χ1n) is 3.57. The van der Waals surface area contributed by atoms with E-state index in [2.05, 4.69) is 9.68 Å². The fourth-order valence-electron chi connectivity index (χ4n) is 0.641. The zero-order valence-corrected chi connectivity index (χ0v) is 7.98. The summed E-state index contributed by atoms with van der Waals surface area (Å²) in [4.78, 5) is 10.4. The van der Waals surface area contributed by atoms with E-state index >= 15 is 0 Å². The van der Waals surface area contributed by atoms with Crippen LogP contribution in [0.5, 0.6) is 0 Å². The molecule has 0 fully saturated rings. The molecule has 0 bridgehead atoms. The predicted molar refractivity (Wildman–Crippen MR) is 46.1 cm³/mol. The van der Waals surface area contributed by atoms with Crippen LogP contribution in [0.2, 0.25) is 0 Å². The van der Waals surface area contributed by atoms with Crippen LogP contribution in [0.25, 0.3) is 0 Å². The average molecular weight is 220 g/mol. The maximum atomic E-state index is 11.3. The van der Waals surface area contributed by atoms with Crippen LogP contribution in [0.3, 0.4) is 0 Å². The second-order valence-corrected chi connectivity index (χ2v) is 4.54. The van der Waals surface area contributed by atoms with Gasteiger partial charge in [-0.05, 0) is 6.92 Å². The molecule has 0 aliphatic heterocycles. The van der Waals surface area contributed by atoms with Crippen molar-refractivity contribution in [2.24, 2.45) is 0 Å². The summed E-state index contributed by atoms with van der Waals surface area (Å²) >= 11 is 0. The summed E-state index contributed by atoms with van der Waals surface area (Å²) in [5, 5.41) is 10.2. The fourth-order valence-corrected chi connectivity index (χ4v) is 1.51. The number of aliphatic carboxylic acids is 1. The van der Waals surface area contributed by atoms with Gasteiger partial charge in [0, 0.05) is 0 Å². The van der Waals surface area contributed by atoms with E-state index in [9.17, 15) is 13.2 Å². The smallest absolute Gasteiger partial charge is 0.323 e. The summed E-state index contributed by atoms with van der Waals surface area (Å²) in [7, 11) is -3.93. The zero-order chi connectivity index (χ0) is 10.8. The molecule has 78 valence electrons. The van der Waals surface area contributed by atoms with E-state index < -0.39 is 21.2 Å². The van der Waals surface area contributed by atoms with Crippen LogP contribution in [-0.2, 0) is 14.8 Å². The van der Waals surface area contributed by atoms with Crippen molar-refractivity contribution in [1.82, 2.24) is 5.16 Å². The minimum Gasteiger partial charge on any atom is -0.480 e. The summed E-state index contributed by atoms with van der Waals surface area (Å²) in [5.74, 6) is -1.42. The number of carboxylic acids is 1. The predicted octanol–water partition coefficient (Wildman–Crippen LogP) is -0.111. The number of hydrogen-bond donors (Lipinski definition) is 2. The lowest BCUT2D eigenvalue weighted by Gasteiger charge is -2.08. The summed E-state index contributed by atoms with van der Waals surface area (Å²) < 4.78 is 28.9. The van der Waals surface area contributed by atoms with Crippen LogP contribution >= 0.6 is 0 Å². The summed E-state index contributed by atoms with van der Waals surface area (Å²) in [5.41, 5.74) is 0.0955. The normalized spacial score (nSPS) is 13.5. The van der Waals surface area contributed by atoms with E-state index in [0.29, 0.717) is 0 Å². The van der Waals surface area contributed by atoms with Crippen LogP contribution in [0.1, 0.15) is 6.92 Å². The zero-order valence-electron chi connectivity index (χ0n) is 7.17. The van der Waals surface area contributed by atoms with E-state index in [0.717, 1.165) is 19.4 Å². The molecule has 0 saturated carbocycles. The maximum absolute atomic E-state index is 11.3. The molecule has 0 aromatic carbocycles. The second kappa shape index (κ2) is 3.66. The highest BCUT2D eigenvalue weighted by atomic mass is 32.2. The number of aromatic nitrogens is 1. The molecule has 1 rings (SSSR count). The lowest BCUT2D eigenvalue weighted by Crippen LogP contribution is -2.31. The minimum atomic E-state index is -3.93. The number of carboxylic acid groups (broad SMARTS) is 1. The minimum absolute atomic E-state index is 0.0955. The number of nitrogens with zero attached hydrogens (tertiary/aromatic N) is 1. The van der Waals surface area contributed by atoms with Crippen LogP contribution in [-0.4, -0.2) is 29.9 Å². The highest BCUT2D eigenvalue weighted by Gasteiger charge is 2.27. The Labute approximate surface area is 79.8 Å². The lowest BCUT2D eigenvalue weighted by atomic mass is 10.5. The van der Waals surface area contributed by atoms with Gasteiger partial charge in [-0.3, -0.25) is 9.52 Å². The number of nitrogens with one attached hydrogen (secondary N) is 1. The van der Waals surface area contributed by atoms with Gasteiger partial charge in [-0.2, -0.15) is 0 Å². The molecule has 2 N–H and O–H groups in total. The van der Waals surface area contributed by atoms with E-state index in [1.54, 1.807) is 0 Å². The summed E-state index contributed by atoms with van der Waals surface area (Å²) in [6.45, 7) is 1.07. The molecule has 0 radical (unpaired) electrons.